The number of nitrogens with two attached hydrogens (primary N) is 1. The molecule has 2 aromatic heterocycles. The van der Waals surface area contributed by atoms with Crippen molar-refractivity contribution in [2.75, 3.05) is 4.72 Å². The van der Waals surface area contributed by atoms with Crippen LogP contribution in [0.4, 0.5) is 5.69 Å². The number of halogens is 2. The number of nitrogens with zero attached hydrogens (tertiary/aromatic N) is 1. The van der Waals surface area contributed by atoms with Crippen LogP contribution >= 0.6 is 34.5 Å². The predicted octanol–water partition coefficient (Wildman–Crippen LogP) is 4.14. The molecule has 0 aliphatic carbocycles. The Morgan fingerprint density at radius 3 is 2.56 bits per heavy atom. The lowest BCUT2D eigenvalue weighted by molar-refractivity contribution is 0.1000. The minimum Gasteiger partial charge on any atom is -0.439 e. The van der Waals surface area contributed by atoms with E-state index in [-0.39, 0.29) is 25.1 Å². The van der Waals surface area contributed by atoms with Gasteiger partial charge in [0.1, 0.15) is 15.0 Å². The molecule has 0 aliphatic rings. The molecule has 0 saturated carbocycles. The number of ether oxygens (including phenoxy) is 1. The van der Waals surface area contributed by atoms with Gasteiger partial charge in [-0.1, -0.05) is 29.3 Å². The molecule has 0 unspecified atom stereocenters. The van der Waals surface area contributed by atoms with E-state index in [0.29, 0.717) is 11.3 Å². The number of nitrogens with one attached hydrogen (secondary N) is 1. The van der Waals surface area contributed by atoms with Crippen LogP contribution in [0.2, 0.25) is 8.67 Å². The maximum Gasteiger partial charge on any atom is 0.264 e. The lowest BCUT2D eigenvalue weighted by Gasteiger charge is -2.09. The van der Waals surface area contributed by atoms with Crippen LogP contribution in [0.3, 0.4) is 0 Å². The van der Waals surface area contributed by atoms with Gasteiger partial charge in [-0.3, -0.25) is 9.52 Å². The molecule has 0 aliphatic heterocycles. The lowest BCUT2D eigenvalue weighted by Crippen LogP contribution is -2.12. The molecule has 0 bridgehead atoms. The molecular weight excluding hydrogens is 433 g/mol. The fraction of sp³-hybridized carbons (Fsp3) is 0. The highest BCUT2D eigenvalue weighted by Crippen LogP contribution is 2.35. The lowest BCUT2D eigenvalue weighted by atomic mass is 10.2. The molecule has 1 amide bonds. The van der Waals surface area contributed by atoms with Crippen LogP contribution in [0.5, 0.6) is 11.6 Å². The molecule has 7 nitrogen and oxygen atoms in total. The highest BCUT2D eigenvalue weighted by atomic mass is 35.5. The molecule has 0 fully saturated rings. The monoisotopic (exact) mass is 443 g/mol. The van der Waals surface area contributed by atoms with Crippen molar-refractivity contribution in [1.29, 1.82) is 0 Å². The summed E-state index contributed by atoms with van der Waals surface area (Å²) in [5.74, 6) is -0.00614. The Kier molecular flexibility index (Phi) is 5.56. The molecule has 0 atom stereocenters. The van der Waals surface area contributed by atoms with E-state index >= 15 is 0 Å². The average Bonchev–Trinajstić information content (AvgIpc) is 2.96. The van der Waals surface area contributed by atoms with Crippen LogP contribution in [-0.4, -0.2) is 19.3 Å². The summed E-state index contributed by atoms with van der Waals surface area (Å²) in [5.41, 5.74) is 5.73. The number of hydrogen-bond acceptors (Lipinski definition) is 6. The number of sulfonamides is 1. The van der Waals surface area contributed by atoms with E-state index in [1.165, 1.54) is 30.5 Å². The first kappa shape index (κ1) is 19.4. The number of hydrogen-bond donors (Lipinski definition) is 2. The van der Waals surface area contributed by atoms with Crippen LogP contribution in [0.1, 0.15) is 10.4 Å². The van der Waals surface area contributed by atoms with Gasteiger partial charge in [0.15, 0.2) is 0 Å². The zero-order chi connectivity index (χ0) is 19.6. The fourth-order valence-electron chi connectivity index (χ4n) is 2.05. The first-order valence-corrected chi connectivity index (χ1v) is 10.3. The van der Waals surface area contributed by atoms with Gasteiger partial charge in [-0.25, -0.2) is 13.4 Å². The molecule has 3 aromatic rings. The fourth-order valence-corrected chi connectivity index (χ4v) is 5.25. The molecule has 2 heterocycles. The second-order valence-corrected chi connectivity index (χ2v) is 9.11. The Balaban J connectivity index is 1.75. The van der Waals surface area contributed by atoms with Crippen molar-refractivity contribution in [3.8, 4) is 11.6 Å². The van der Waals surface area contributed by atoms with Gasteiger partial charge < -0.3 is 10.5 Å². The van der Waals surface area contributed by atoms with Gasteiger partial charge in [-0.15, -0.1) is 11.3 Å². The molecular formula is C16H11Cl2N3O4S2. The largest absolute Gasteiger partial charge is 0.439 e. The number of primary amides is 1. The minimum absolute atomic E-state index is 0.0646. The number of thiophene rings is 1. The number of anilines is 1. The highest BCUT2D eigenvalue weighted by Gasteiger charge is 2.21. The highest BCUT2D eigenvalue weighted by molar-refractivity contribution is 7.93. The van der Waals surface area contributed by atoms with Gasteiger partial charge >= 0.3 is 0 Å². The van der Waals surface area contributed by atoms with E-state index in [4.69, 9.17) is 33.7 Å². The third kappa shape index (κ3) is 4.69. The van der Waals surface area contributed by atoms with Gasteiger partial charge in [0.2, 0.25) is 11.8 Å². The Labute approximate surface area is 168 Å². The molecule has 0 saturated heterocycles. The summed E-state index contributed by atoms with van der Waals surface area (Å²) in [6.07, 6.45) is 1.28. The molecule has 27 heavy (non-hydrogen) atoms. The zero-order valence-electron chi connectivity index (χ0n) is 13.3. The number of aromatic nitrogens is 1. The standard InChI is InChI=1S/C16H11Cl2N3O4S2/c17-13-7-12(15(18)26-13)27(23,24)21-10-4-5-14(20-8-10)25-11-3-1-2-9(6-11)16(19)22/h1-8,21H,(H2,19,22). The molecule has 0 spiro atoms. The SMILES string of the molecule is NC(=O)c1cccc(Oc2ccc(NS(=O)(=O)c3cc(Cl)sc3Cl)cn2)c1. The van der Waals surface area contributed by atoms with Crippen LogP contribution < -0.4 is 15.2 Å². The normalized spacial score (nSPS) is 11.2. The molecule has 1 aromatic carbocycles. The van der Waals surface area contributed by atoms with Gasteiger partial charge in [0.25, 0.3) is 10.0 Å². The first-order valence-electron chi connectivity index (χ1n) is 7.26. The maximum atomic E-state index is 12.4. The van der Waals surface area contributed by atoms with Crippen LogP contribution in [0, 0.1) is 0 Å². The van der Waals surface area contributed by atoms with Crippen LogP contribution in [-0.2, 0) is 10.0 Å². The second-order valence-electron chi connectivity index (χ2n) is 5.17. The predicted molar refractivity (Wildman–Crippen MR) is 104 cm³/mol. The average molecular weight is 444 g/mol. The number of rotatable bonds is 6. The van der Waals surface area contributed by atoms with Gasteiger partial charge in [0, 0.05) is 11.6 Å². The Hall–Kier alpha value is -2.33. The zero-order valence-corrected chi connectivity index (χ0v) is 16.5. The topological polar surface area (TPSA) is 111 Å². The van der Waals surface area contributed by atoms with Crippen molar-refractivity contribution in [2.45, 2.75) is 4.90 Å². The molecule has 3 rings (SSSR count). The number of amides is 1. The third-order valence-corrected chi connectivity index (χ3v) is 6.38. The minimum atomic E-state index is -3.90. The summed E-state index contributed by atoms with van der Waals surface area (Å²) < 4.78 is 32.9. The first-order chi connectivity index (χ1) is 12.7. The molecule has 3 N–H and O–H groups in total. The third-order valence-electron chi connectivity index (χ3n) is 3.24. The quantitative estimate of drug-likeness (QED) is 0.594. The van der Waals surface area contributed by atoms with Crippen LogP contribution in [0.15, 0.2) is 53.6 Å². The van der Waals surface area contributed by atoms with Crippen molar-refractivity contribution >= 4 is 56.2 Å². The second kappa shape index (κ2) is 7.73. The summed E-state index contributed by atoms with van der Waals surface area (Å²) in [7, 11) is -3.90. The van der Waals surface area contributed by atoms with Gasteiger partial charge in [0.05, 0.1) is 16.2 Å². The van der Waals surface area contributed by atoms with E-state index < -0.39 is 15.9 Å². The van der Waals surface area contributed by atoms with E-state index in [1.807, 2.05) is 0 Å². The number of pyridine rings is 1. The van der Waals surface area contributed by atoms with E-state index in [2.05, 4.69) is 9.71 Å². The smallest absolute Gasteiger partial charge is 0.264 e. The van der Waals surface area contributed by atoms with Gasteiger partial charge in [-0.05, 0) is 30.3 Å². The van der Waals surface area contributed by atoms with Crippen molar-refractivity contribution < 1.29 is 17.9 Å². The maximum absolute atomic E-state index is 12.4. The Bertz CT molecular complexity index is 1100. The van der Waals surface area contributed by atoms with E-state index in [0.717, 1.165) is 11.3 Å². The summed E-state index contributed by atoms with van der Waals surface area (Å²) >= 11 is 12.6. The summed E-state index contributed by atoms with van der Waals surface area (Å²) in [6, 6.07) is 10.5. The summed E-state index contributed by atoms with van der Waals surface area (Å²) in [4.78, 5) is 15.1. The van der Waals surface area contributed by atoms with E-state index in [9.17, 15) is 13.2 Å². The summed E-state index contributed by atoms with van der Waals surface area (Å²) in [5, 5.41) is 0. The molecule has 0 radical (unpaired) electrons. The summed E-state index contributed by atoms with van der Waals surface area (Å²) in [6.45, 7) is 0. The number of carbonyl (C=O) groups is 1. The number of carbonyl (C=O) groups excluding carboxylic acids is 1. The molecule has 140 valence electrons. The molecule has 11 heteroatoms. The van der Waals surface area contributed by atoms with E-state index in [1.54, 1.807) is 18.2 Å². The Morgan fingerprint density at radius 1 is 1.19 bits per heavy atom. The van der Waals surface area contributed by atoms with Crippen molar-refractivity contribution in [1.82, 2.24) is 4.98 Å². The van der Waals surface area contributed by atoms with Crippen LogP contribution in [0.25, 0.3) is 0 Å². The van der Waals surface area contributed by atoms with Gasteiger partial charge in [-0.2, -0.15) is 0 Å². The van der Waals surface area contributed by atoms with Crippen molar-refractivity contribution in [3.63, 3.8) is 0 Å². The van der Waals surface area contributed by atoms with Crippen molar-refractivity contribution in [3.05, 3.63) is 62.9 Å². The van der Waals surface area contributed by atoms with Crippen molar-refractivity contribution in [2.24, 2.45) is 5.73 Å². The Morgan fingerprint density at radius 2 is 1.96 bits per heavy atom. The number of benzene rings is 1.